The SMILES string of the molecule is CC(C)[C@@H](C(=O)O)N1CCN(Cc2csc(CN(C)C)n2)C1=O. The first kappa shape index (κ1) is 17.7. The van der Waals surface area contributed by atoms with E-state index in [0.717, 1.165) is 17.2 Å². The number of thiazole rings is 1. The Morgan fingerprint density at radius 3 is 2.70 bits per heavy atom. The molecule has 2 rings (SSSR count). The summed E-state index contributed by atoms with van der Waals surface area (Å²) < 4.78 is 0. The number of hydrogen-bond donors (Lipinski definition) is 1. The number of aromatic nitrogens is 1. The molecule has 128 valence electrons. The van der Waals surface area contributed by atoms with Crippen LogP contribution in [-0.2, 0) is 17.9 Å². The van der Waals surface area contributed by atoms with Crippen LogP contribution in [0, 0.1) is 5.92 Å². The van der Waals surface area contributed by atoms with Gasteiger partial charge in [0.2, 0.25) is 0 Å². The fraction of sp³-hybridized carbons (Fsp3) is 0.667. The molecule has 0 unspecified atom stereocenters. The number of carbonyl (C=O) groups excluding carboxylic acids is 1. The maximum atomic E-state index is 12.5. The Hall–Kier alpha value is -1.67. The van der Waals surface area contributed by atoms with E-state index in [9.17, 15) is 14.7 Å². The number of nitrogens with zero attached hydrogens (tertiary/aromatic N) is 4. The van der Waals surface area contributed by atoms with Gasteiger partial charge in [0, 0.05) is 25.0 Å². The predicted molar refractivity (Wildman–Crippen MR) is 88.3 cm³/mol. The highest BCUT2D eigenvalue weighted by Crippen LogP contribution is 2.21. The fourth-order valence-electron chi connectivity index (χ4n) is 2.74. The number of carboxylic acid groups (broad SMARTS) is 1. The lowest BCUT2D eigenvalue weighted by atomic mass is 10.0. The van der Waals surface area contributed by atoms with Crippen LogP contribution in [0.2, 0.25) is 0 Å². The first-order valence-corrected chi connectivity index (χ1v) is 8.54. The van der Waals surface area contributed by atoms with Gasteiger partial charge >= 0.3 is 12.0 Å². The van der Waals surface area contributed by atoms with Crippen molar-refractivity contribution in [2.75, 3.05) is 27.2 Å². The molecule has 1 N–H and O–H groups in total. The summed E-state index contributed by atoms with van der Waals surface area (Å²) in [5.41, 5.74) is 0.860. The van der Waals surface area contributed by atoms with Crippen LogP contribution in [0.1, 0.15) is 24.5 Å². The van der Waals surface area contributed by atoms with Gasteiger partial charge in [-0.05, 0) is 20.0 Å². The van der Waals surface area contributed by atoms with Crippen LogP contribution in [0.25, 0.3) is 0 Å². The van der Waals surface area contributed by atoms with Gasteiger partial charge in [-0.2, -0.15) is 0 Å². The van der Waals surface area contributed by atoms with Gasteiger partial charge in [0.1, 0.15) is 11.0 Å². The molecule has 1 saturated heterocycles. The summed E-state index contributed by atoms with van der Waals surface area (Å²) in [6, 6.07) is -0.986. The Balaban J connectivity index is 2.01. The van der Waals surface area contributed by atoms with Gasteiger partial charge in [0.05, 0.1) is 12.2 Å². The third kappa shape index (κ3) is 4.20. The van der Waals surface area contributed by atoms with E-state index < -0.39 is 12.0 Å². The van der Waals surface area contributed by atoms with Crippen LogP contribution in [0.15, 0.2) is 5.38 Å². The molecule has 0 bridgehead atoms. The number of carbonyl (C=O) groups is 2. The molecule has 23 heavy (non-hydrogen) atoms. The van der Waals surface area contributed by atoms with E-state index in [4.69, 9.17) is 0 Å². The molecule has 0 radical (unpaired) electrons. The summed E-state index contributed by atoms with van der Waals surface area (Å²) in [6.07, 6.45) is 0. The average Bonchev–Trinajstić information content (AvgIpc) is 2.99. The molecule has 7 nitrogen and oxygen atoms in total. The van der Waals surface area contributed by atoms with Crippen molar-refractivity contribution >= 4 is 23.3 Å². The van der Waals surface area contributed by atoms with E-state index in [1.165, 1.54) is 4.90 Å². The molecule has 0 spiro atoms. The summed E-state index contributed by atoms with van der Waals surface area (Å²) in [6.45, 7) is 5.84. The van der Waals surface area contributed by atoms with Gasteiger partial charge in [-0.25, -0.2) is 14.6 Å². The summed E-state index contributed by atoms with van der Waals surface area (Å²) in [5.74, 6) is -1.07. The minimum absolute atomic E-state index is 0.123. The predicted octanol–water partition coefficient (Wildman–Crippen LogP) is 1.55. The molecule has 8 heteroatoms. The zero-order chi connectivity index (χ0) is 17.1. The smallest absolute Gasteiger partial charge is 0.326 e. The average molecular weight is 340 g/mol. The number of hydrogen-bond acceptors (Lipinski definition) is 5. The molecule has 0 saturated carbocycles. The van der Waals surface area contributed by atoms with Crippen LogP contribution in [0.5, 0.6) is 0 Å². The van der Waals surface area contributed by atoms with Gasteiger partial charge in [-0.15, -0.1) is 11.3 Å². The molecule has 1 atom stereocenters. The van der Waals surface area contributed by atoms with E-state index in [0.29, 0.717) is 19.6 Å². The zero-order valence-electron chi connectivity index (χ0n) is 14.0. The van der Waals surface area contributed by atoms with Crippen molar-refractivity contribution in [2.24, 2.45) is 5.92 Å². The van der Waals surface area contributed by atoms with Crippen molar-refractivity contribution in [2.45, 2.75) is 33.0 Å². The Morgan fingerprint density at radius 2 is 2.13 bits per heavy atom. The highest BCUT2D eigenvalue weighted by atomic mass is 32.1. The molecule has 1 aromatic heterocycles. The van der Waals surface area contributed by atoms with Gasteiger partial charge in [0.25, 0.3) is 0 Å². The molecular formula is C15H24N4O3S. The fourth-order valence-corrected chi connectivity index (χ4v) is 3.65. The van der Waals surface area contributed by atoms with Gasteiger partial charge < -0.3 is 19.8 Å². The molecule has 1 fully saturated rings. The van der Waals surface area contributed by atoms with Crippen LogP contribution in [0.4, 0.5) is 4.79 Å². The molecule has 1 aliphatic rings. The highest BCUT2D eigenvalue weighted by Gasteiger charge is 2.38. The Morgan fingerprint density at radius 1 is 1.43 bits per heavy atom. The monoisotopic (exact) mass is 340 g/mol. The van der Waals surface area contributed by atoms with Crippen LogP contribution in [0.3, 0.4) is 0 Å². The normalized spacial score (nSPS) is 16.7. The lowest BCUT2D eigenvalue weighted by molar-refractivity contribution is -0.143. The number of urea groups is 1. The van der Waals surface area contributed by atoms with Crippen molar-refractivity contribution in [1.82, 2.24) is 19.7 Å². The lowest BCUT2D eigenvalue weighted by Gasteiger charge is -2.27. The summed E-state index contributed by atoms with van der Waals surface area (Å²) in [7, 11) is 3.97. The first-order chi connectivity index (χ1) is 10.8. The molecule has 2 heterocycles. The number of amides is 2. The van der Waals surface area contributed by atoms with Crippen molar-refractivity contribution < 1.29 is 14.7 Å². The third-order valence-corrected chi connectivity index (χ3v) is 4.63. The van der Waals surface area contributed by atoms with E-state index >= 15 is 0 Å². The minimum atomic E-state index is -0.947. The van der Waals surface area contributed by atoms with Gasteiger partial charge in [-0.1, -0.05) is 13.8 Å². The van der Waals surface area contributed by atoms with Crippen molar-refractivity contribution in [3.63, 3.8) is 0 Å². The highest BCUT2D eigenvalue weighted by molar-refractivity contribution is 7.09. The molecule has 1 aromatic rings. The molecule has 1 aliphatic heterocycles. The van der Waals surface area contributed by atoms with Crippen molar-refractivity contribution in [1.29, 1.82) is 0 Å². The van der Waals surface area contributed by atoms with Crippen molar-refractivity contribution in [3.05, 3.63) is 16.1 Å². The van der Waals surface area contributed by atoms with Crippen LogP contribution in [-0.4, -0.2) is 70.0 Å². The lowest BCUT2D eigenvalue weighted by Crippen LogP contribution is -2.46. The summed E-state index contributed by atoms with van der Waals surface area (Å²) in [5, 5.41) is 12.3. The quantitative estimate of drug-likeness (QED) is 0.815. The zero-order valence-corrected chi connectivity index (χ0v) is 14.8. The number of carboxylic acids is 1. The third-order valence-electron chi connectivity index (χ3n) is 3.75. The largest absolute Gasteiger partial charge is 0.480 e. The maximum Gasteiger partial charge on any atom is 0.326 e. The van der Waals surface area contributed by atoms with E-state index in [1.807, 2.05) is 38.2 Å². The Kier molecular flexibility index (Phi) is 5.59. The molecule has 0 aromatic carbocycles. The minimum Gasteiger partial charge on any atom is -0.480 e. The Labute approximate surface area is 140 Å². The molecule has 0 aliphatic carbocycles. The second-order valence-electron chi connectivity index (χ2n) is 6.39. The van der Waals surface area contributed by atoms with Crippen LogP contribution < -0.4 is 0 Å². The second kappa shape index (κ2) is 7.27. The standard InChI is InChI=1S/C15H24N4O3S/c1-10(2)13(14(20)21)19-6-5-18(15(19)22)7-11-9-23-12(16-11)8-17(3)4/h9-10,13H,5-8H2,1-4H3,(H,20,21)/t13-/m0/s1. The van der Waals surface area contributed by atoms with Crippen LogP contribution >= 0.6 is 11.3 Å². The van der Waals surface area contributed by atoms with E-state index in [-0.39, 0.29) is 11.9 Å². The van der Waals surface area contributed by atoms with Gasteiger partial charge in [0.15, 0.2) is 0 Å². The van der Waals surface area contributed by atoms with Gasteiger partial charge in [-0.3, -0.25) is 0 Å². The molecular weight excluding hydrogens is 316 g/mol. The Bertz CT molecular complexity index is 573. The molecule has 2 amide bonds. The topological polar surface area (TPSA) is 77.0 Å². The number of aliphatic carboxylic acids is 1. The summed E-state index contributed by atoms with van der Waals surface area (Å²) in [4.78, 5) is 33.6. The van der Waals surface area contributed by atoms with Crippen molar-refractivity contribution in [3.8, 4) is 0 Å². The van der Waals surface area contributed by atoms with E-state index in [2.05, 4.69) is 4.98 Å². The first-order valence-electron chi connectivity index (χ1n) is 7.66. The summed E-state index contributed by atoms with van der Waals surface area (Å²) >= 11 is 1.58. The second-order valence-corrected chi connectivity index (χ2v) is 7.34. The maximum absolute atomic E-state index is 12.5. The van der Waals surface area contributed by atoms with E-state index in [1.54, 1.807) is 16.2 Å². The number of rotatable bonds is 7.